The molecule has 1 amide bonds. The molecule has 0 unspecified atom stereocenters. The number of halogens is 1. The van der Waals surface area contributed by atoms with Crippen LogP contribution in [0, 0.1) is 5.82 Å². The van der Waals surface area contributed by atoms with Crippen LogP contribution in [0.5, 0.6) is 5.75 Å². The second kappa shape index (κ2) is 9.56. The fourth-order valence-corrected chi connectivity index (χ4v) is 3.18. The van der Waals surface area contributed by atoms with Crippen molar-refractivity contribution in [3.8, 4) is 5.75 Å². The van der Waals surface area contributed by atoms with Crippen LogP contribution in [-0.2, 0) is 11.2 Å². The summed E-state index contributed by atoms with van der Waals surface area (Å²) in [5.41, 5.74) is 1.94. The van der Waals surface area contributed by atoms with Crippen LogP contribution in [-0.4, -0.2) is 21.4 Å². The van der Waals surface area contributed by atoms with Gasteiger partial charge in [-0.05, 0) is 50.1 Å². The van der Waals surface area contributed by atoms with Gasteiger partial charge in [0.2, 0.25) is 5.91 Å². The molecule has 3 rings (SSSR count). The fourth-order valence-electron chi connectivity index (χ4n) is 2.49. The predicted octanol–water partition coefficient (Wildman–Crippen LogP) is 5.03. The first-order valence-corrected chi connectivity index (χ1v) is 10.1. The van der Waals surface area contributed by atoms with Gasteiger partial charge in [0.05, 0.1) is 5.25 Å². The number of thioether (sulfide) groups is 1. The number of hydrogen-bond donors (Lipinski definition) is 1. The first kappa shape index (κ1) is 20.9. The SMILES string of the molecule is CCc1ccc(NC(=O)[C@H](C)Sc2nnc([C@@H](C)Oc3ccccc3F)o2)cc1. The normalized spacial score (nSPS) is 13.0. The van der Waals surface area contributed by atoms with Crippen molar-refractivity contribution in [1.82, 2.24) is 10.2 Å². The third-order valence-electron chi connectivity index (χ3n) is 4.19. The molecule has 1 heterocycles. The molecule has 0 spiro atoms. The minimum Gasteiger partial charge on any atom is -0.478 e. The van der Waals surface area contributed by atoms with Crippen molar-refractivity contribution in [3.63, 3.8) is 0 Å². The van der Waals surface area contributed by atoms with E-state index >= 15 is 0 Å². The Labute approximate surface area is 172 Å². The first-order valence-electron chi connectivity index (χ1n) is 9.27. The summed E-state index contributed by atoms with van der Waals surface area (Å²) in [6.45, 7) is 5.52. The standard InChI is InChI=1S/C21H22FN3O3S/c1-4-15-9-11-16(12-10-15)23-19(26)14(3)29-21-25-24-20(28-21)13(2)27-18-8-6-5-7-17(18)22/h5-14H,4H2,1-3H3,(H,23,26)/t13-,14+/m1/s1. The maximum atomic E-state index is 13.7. The number of amides is 1. The third-order valence-corrected chi connectivity index (χ3v) is 5.12. The second-order valence-electron chi connectivity index (χ2n) is 6.40. The average molecular weight is 415 g/mol. The number of benzene rings is 2. The van der Waals surface area contributed by atoms with Crippen LogP contribution in [0.1, 0.15) is 38.3 Å². The monoisotopic (exact) mass is 415 g/mol. The molecule has 2 atom stereocenters. The molecule has 6 nitrogen and oxygen atoms in total. The van der Waals surface area contributed by atoms with Crippen LogP contribution in [0.25, 0.3) is 0 Å². The van der Waals surface area contributed by atoms with Crippen molar-refractivity contribution in [1.29, 1.82) is 0 Å². The van der Waals surface area contributed by atoms with Gasteiger partial charge in [-0.15, -0.1) is 10.2 Å². The van der Waals surface area contributed by atoms with Gasteiger partial charge in [-0.3, -0.25) is 4.79 Å². The number of ether oxygens (including phenoxy) is 1. The highest BCUT2D eigenvalue weighted by molar-refractivity contribution is 8.00. The van der Waals surface area contributed by atoms with Gasteiger partial charge >= 0.3 is 0 Å². The Hall–Kier alpha value is -2.87. The molecule has 0 bridgehead atoms. The zero-order chi connectivity index (χ0) is 20.8. The van der Waals surface area contributed by atoms with Crippen LogP contribution >= 0.6 is 11.8 Å². The Morgan fingerprint density at radius 2 is 1.90 bits per heavy atom. The van der Waals surface area contributed by atoms with Crippen LogP contribution in [0.2, 0.25) is 0 Å². The number of anilines is 1. The van der Waals surface area contributed by atoms with Crippen molar-refractivity contribution < 1.29 is 18.3 Å². The number of aromatic nitrogens is 2. The highest BCUT2D eigenvalue weighted by Crippen LogP contribution is 2.27. The third kappa shape index (κ3) is 5.57. The molecular formula is C21H22FN3O3S. The molecule has 152 valence electrons. The van der Waals surface area contributed by atoms with E-state index in [1.165, 1.54) is 17.7 Å². The first-order chi connectivity index (χ1) is 14.0. The number of carbonyl (C=O) groups excluding carboxylic acids is 1. The summed E-state index contributed by atoms with van der Waals surface area (Å²) >= 11 is 1.14. The number of para-hydroxylation sites is 1. The molecule has 1 aromatic heterocycles. The number of nitrogens with one attached hydrogen (secondary N) is 1. The van der Waals surface area contributed by atoms with Gasteiger partial charge in [-0.25, -0.2) is 4.39 Å². The highest BCUT2D eigenvalue weighted by Gasteiger charge is 2.21. The lowest BCUT2D eigenvalue weighted by Crippen LogP contribution is -2.22. The summed E-state index contributed by atoms with van der Waals surface area (Å²) < 4.78 is 24.8. The Morgan fingerprint density at radius 3 is 2.59 bits per heavy atom. The van der Waals surface area contributed by atoms with Crippen LogP contribution in [0.4, 0.5) is 10.1 Å². The van der Waals surface area contributed by atoms with Crippen LogP contribution < -0.4 is 10.1 Å². The molecule has 2 aromatic carbocycles. The number of aryl methyl sites for hydroxylation is 1. The molecule has 0 aliphatic rings. The van der Waals surface area contributed by atoms with Crippen molar-refractivity contribution in [3.05, 3.63) is 65.8 Å². The van der Waals surface area contributed by atoms with Gasteiger partial charge in [0.1, 0.15) is 0 Å². The average Bonchev–Trinajstić information content (AvgIpc) is 3.19. The minimum absolute atomic E-state index is 0.106. The summed E-state index contributed by atoms with van der Waals surface area (Å²) in [5, 5.41) is 10.5. The molecule has 0 aliphatic carbocycles. The quantitative estimate of drug-likeness (QED) is 0.520. The van der Waals surface area contributed by atoms with Gasteiger partial charge < -0.3 is 14.5 Å². The lowest BCUT2D eigenvalue weighted by atomic mass is 10.1. The summed E-state index contributed by atoms with van der Waals surface area (Å²) in [4.78, 5) is 12.4. The van der Waals surface area contributed by atoms with Crippen molar-refractivity contribution in [2.75, 3.05) is 5.32 Å². The van der Waals surface area contributed by atoms with E-state index in [9.17, 15) is 9.18 Å². The van der Waals surface area contributed by atoms with Gasteiger partial charge in [-0.2, -0.15) is 0 Å². The number of nitrogens with zero attached hydrogens (tertiary/aromatic N) is 2. The molecule has 1 N–H and O–H groups in total. The van der Waals surface area contributed by atoms with Crippen molar-refractivity contribution in [2.45, 2.75) is 43.8 Å². The topological polar surface area (TPSA) is 77.2 Å². The number of rotatable bonds is 8. The zero-order valence-corrected chi connectivity index (χ0v) is 17.2. The van der Waals surface area contributed by atoms with E-state index in [1.54, 1.807) is 26.0 Å². The summed E-state index contributed by atoms with van der Waals surface area (Å²) in [5.74, 6) is -0.326. The Bertz CT molecular complexity index is 962. The van der Waals surface area contributed by atoms with Gasteiger partial charge in [-0.1, -0.05) is 43.0 Å². The largest absolute Gasteiger partial charge is 0.478 e. The highest BCUT2D eigenvalue weighted by atomic mass is 32.2. The van der Waals surface area contributed by atoms with E-state index < -0.39 is 17.2 Å². The molecule has 0 aliphatic heterocycles. The molecule has 0 radical (unpaired) electrons. The van der Waals surface area contributed by atoms with E-state index in [2.05, 4.69) is 22.4 Å². The van der Waals surface area contributed by atoms with Crippen LogP contribution in [0.3, 0.4) is 0 Å². The van der Waals surface area contributed by atoms with E-state index in [1.807, 2.05) is 24.3 Å². The maximum absolute atomic E-state index is 13.7. The van der Waals surface area contributed by atoms with Gasteiger partial charge in [0, 0.05) is 5.69 Å². The Kier molecular flexibility index (Phi) is 6.87. The zero-order valence-electron chi connectivity index (χ0n) is 16.4. The number of carbonyl (C=O) groups is 1. The Balaban J connectivity index is 1.56. The molecule has 29 heavy (non-hydrogen) atoms. The van der Waals surface area contributed by atoms with E-state index in [4.69, 9.17) is 9.15 Å². The Morgan fingerprint density at radius 1 is 1.17 bits per heavy atom. The summed E-state index contributed by atoms with van der Waals surface area (Å²) in [7, 11) is 0. The molecule has 0 saturated carbocycles. The maximum Gasteiger partial charge on any atom is 0.277 e. The van der Waals surface area contributed by atoms with E-state index in [0.29, 0.717) is 0 Å². The minimum atomic E-state index is -0.630. The van der Waals surface area contributed by atoms with Crippen molar-refractivity contribution >= 4 is 23.4 Å². The molecular weight excluding hydrogens is 393 g/mol. The second-order valence-corrected chi connectivity index (χ2v) is 7.69. The lowest BCUT2D eigenvalue weighted by Gasteiger charge is -2.11. The van der Waals surface area contributed by atoms with Crippen LogP contribution in [0.15, 0.2) is 58.2 Å². The predicted molar refractivity (Wildman–Crippen MR) is 110 cm³/mol. The summed E-state index contributed by atoms with van der Waals surface area (Å²) in [6.07, 6.45) is 0.314. The molecule has 0 saturated heterocycles. The molecule has 8 heteroatoms. The molecule has 3 aromatic rings. The van der Waals surface area contributed by atoms with E-state index in [-0.39, 0.29) is 22.8 Å². The molecule has 0 fully saturated rings. The lowest BCUT2D eigenvalue weighted by molar-refractivity contribution is -0.115. The van der Waals surface area contributed by atoms with Crippen molar-refractivity contribution in [2.24, 2.45) is 0 Å². The summed E-state index contributed by atoms with van der Waals surface area (Å²) in [6, 6.07) is 13.8. The number of hydrogen-bond acceptors (Lipinski definition) is 6. The van der Waals surface area contributed by atoms with E-state index in [0.717, 1.165) is 23.9 Å². The van der Waals surface area contributed by atoms with Gasteiger partial charge in [0.25, 0.3) is 11.1 Å². The van der Waals surface area contributed by atoms with Gasteiger partial charge in [0.15, 0.2) is 17.7 Å². The smallest absolute Gasteiger partial charge is 0.277 e. The fraction of sp³-hybridized carbons (Fsp3) is 0.286.